The fourth-order valence-electron chi connectivity index (χ4n) is 2.90. The SMILES string of the molecule is COc1ccc(CN(Cc2ccc(N(C)C)cc2)C2=NCCCS2)cc1. The van der Waals surface area contributed by atoms with Crippen LogP contribution in [-0.4, -0.2) is 43.6 Å². The largest absolute Gasteiger partial charge is 0.497 e. The van der Waals surface area contributed by atoms with E-state index < -0.39 is 0 Å². The summed E-state index contributed by atoms with van der Waals surface area (Å²) in [6, 6.07) is 17.1. The highest BCUT2D eigenvalue weighted by Gasteiger charge is 2.16. The van der Waals surface area contributed by atoms with Crippen LogP contribution in [0.5, 0.6) is 5.75 Å². The van der Waals surface area contributed by atoms with Crippen molar-refractivity contribution in [2.24, 2.45) is 4.99 Å². The zero-order valence-electron chi connectivity index (χ0n) is 15.8. The smallest absolute Gasteiger partial charge is 0.159 e. The average molecular weight is 370 g/mol. The van der Waals surface area contributed by atoms with E-state index in [1.807, 2.05) is 23.9 Å². The Balaban J connectivity index is 1.77. The van der Waals surface area contributed by atoms with E-state index in [9.17, 15) is 0 Å². The zero-order valence-corrected chi connectivity index (χ0v) is 16.6. The lowest BCUT2D eigenvalue weighted by molar-refractivity contribution is 0.407. The van der Waals surface area contributed by atoms with Crippen molar-refractivity contribution in [3.05, 3.63) is 59.7 Å². The van der Waals surface area contributed by atoms with Crippen LogP contribution in [-0.2, 0) is 13.1 Å². The highest BCUT2D eigenvalue weighted by atomic mass is 32.2. The maximum Gasteiger partial charge on any atom is 0.159 e. The van der Waals surface area contributed by atoms with Gasteiger partial charge < -0.3 is 14.5 Å². The van der Waals surface area contributed by atoms with Crippen molar-refractivity contribution >= 4 is 22.6 Å². The second kappa shape index (κ2) is 8.99. The van der Waals surface area contributed by atoms with Crippen LogP contribution in [0.3, 0.4) is 0 Å². The van der Waals surface area contributed by atoms with Gasteiger partial charge in [0.05, 0.1) is 7.11 Å². The molecule has 1 aliphatic rings. The van der Waals surface area contributed by atoms with Crippen LogP contribution in [0.25, 0.3) is 0 Å². The van der Waals surface area contributed by atoms with Crippen molar-refractivity contribution in [1.29, 1.82) is 0 Å². The molecule has 5 heteroatoms. The third-order valence-electron chi connectivity index (χ3n) is 4.41. The summed E-state index contributed by atoms with van der Waals surface area (Å²) in [5.74, 6) is 2.04. The quantitative estimate of drug-likeness (QED) is 0.761. The molecule has 0 saturated heterocycles. The fourth-order valence-corrected chi connectivity index (χ4v) is 3.85. The summed E-state index contributed by atoms with van der Waals surface area (Å²) in [6.07, 6.45) is 1.17. The lowest BCUT2D eigenvalue weighted by Gasteiger charge is -2.28. The number of methoxy groups -OCH3 is 1. The number of benzene rings is 2. The van der Waals surface area contributed by atoms with Gasteiger partial charge in [-0.25, -0.2) is 0 Å². The molecule has 138 valence electrons. The van der Waals surface area contributed by atoms with Crippen molar-refractivity contribution in [3.63, 3.8) is 0 Å². The van der Waals surface area contributed by atoms with Gasteiger partial charge in [0.1, 0.15) is 5.75 Å². The van der Waals surface area contributed by atoms with E-state index in [4.69, 9.17) is 9.73 Å². The molecule has 1 aliphatic heterocycles. The molecule has 2 aromatic rings. The normalized spacial score (nSPS) is 13.9. The van der Waals surface area contributed by atoms with Crippen LogP contribution >= 0.6 is 11.8 Å². The van der Waals surface area contributed by atoms with Gasteiger partial charge in [0.25, 0.3) is 0 Å². The maximum absolute atomic E-state index is 5.27. The average Bonchev–Trinajstić information content (AvgIpc) is 2.69. The Morgan fingerprint density at radius 1 is 0.962 bits per heavy atom. The summed E-state index contributed by atoms with van der Waals surface area (Å²) in [5, 5.41) is 1.16. The molecule has 0 aromatic heterocycles. The van der Waals surface area contributed by atoms with Gasteiger partial charge in [-0.1, -0.05) is 36.0 Å². The Morgan fingerprint density at radius 3 is 2.08 bits per heavy atom. The summed E-state index contributed by atoms with van der Waals surface area (Å²) in [5.41, 5.74) is 3.79. The predicted octanol–water partition coefficient (Wildman–Crippen LogP) is 4.26. The van der Waals surface area contributed by atoms with E-state index in [1.54, 1.807) is 7.11 Å². The first-order valence-electron chi connectivity index (χ1n) is 8.97. The van der Waals surface area contributed by atoms with Crippen LogP contribution in [0.2, 0.25) is 0 Å². The fraction of sp³-hybridized carbons (Fsp3) is 0.381. The first kappa shape index (κ1) is 18.6. The van der Waals surface area contributed by atoms with E-state index in [-0.39, 0.29) is 0 Å². The van der Waals surface area contributed by atoms with Gasteiger partial charge in [0.15, 0.2) is 5.17 Å². The van der Waals surface area contributed by atoms with Gasteiger partial charge >= 0.3 is 0 Å². The monoisotopic (exact) mass is 369 g/mol. The third kappa shape index (κ3) is 4.94. The second-order valence-electron chi connectivity index (χ2n) is 6.63. The maximum atomic E-state index is 5.27. The molecular weight excluding hydrogens is 342 g/mol. The molecule has 0 bridgehead atoms. The molecule has 0 fully saturated rings. The minimum atomic E-state index is 0.852. The molecule has 0 aliphatic carbocycles. The van der Waals surface area contributed by atoms with E-state index in [2.05, 4.69) is 60.3 Å². The van der Waals surface area contributed by atoms with Gasteiger partial charge in [-0.05, 0) is 41.8 Å². The molecule has 3 rings (SSSR count). The summed E-state index contributed by atoms with van der Waals surface area (Å²) < 4.78 is 5.27. The number of aliphatic imine (C=N–C) groups is 1. The van der Waals surface area contributed by atoms with Gasteiger partial charge in [0.2, 0.25) is 0 Å². The molecular formula is C21H27N3OS. The summed E-state index contributed by atoms with van der Waals surface area (Å²) in [6.45, 7) is 2.65. The summed E-state index contributed by atoms with van der Waals surface area (Å²) in [7, 11) is 5.84. The lowest BCUT2D eigenvalue weighted by Crippen LogP contribution is -2.30. The molecule has 0 unspecified atom stereocenters. The van der Waals surface area contributed by atoms with E-state index in [0.717, 1.165) is 36.3 Å². The molecule has 0 radical (unpaired) electrons. The number of anilines is 1. The van der Waals surface area contributed by atoms with Crippen LogP contribution in [0.1, 0.15) is 17.5 Å². The molecule has 1 heterocycles. The molecule has 2 aromatic carbocycles. The Kier molecular flexibility index (Phi) is 6.45. The van der Waals surface area contributed by atoms with Gasteiger partial charge in [-0.15, -0.1) is 0 Å². The summed E-state index contributed by atoms with van der Waals surface area (Å²) in [4.78, 5) is 9.28. The first-order valence-corrected chi connectivity index (χ1v) is 9.95. The highest BCUT2D eigenvalue weighted by Crippen LogP contribution is 2.22. The second-order valence-corrected chi connectivity index (χ2v) is 7.69. The van der Waals surface area contributed by atoms with Gasteiger partial charge in [0, 0.05) is 45.2 Å². The highest BCUT2D eigenvalue weighted by molar-refractivity contribution is 8.13. The van der Waals surface area contributed by atoms with E-state index in [0.29, 0.717) is 0 Å². The Hall–Kier alpha value is -2.14. The molecule has 4 nitrogen and oxygen atoms in total. The van der Waals surface area contributed by atoms with Crippen molar-refractivity contribution in [1.82, 2.24) is 4.90 Å². The number of hydrogen-bond acceptors (Lipinski definition) is 5. The van der Waals surface area contributed by atoms with Crippen LogP contribution < -0.4 is 9.64 Å². The number of rotatable bonds is 6. The van der Waals surface area contributed by atoms with Gasteiger partial charge in [-0.3, -0.25) is 4.99 Å². The molecule has 0 amide bonds. The molecule has 0 N–H and O–H groups in total. The van der Waals surface area contributed by atoms with Crippen molar-refractivity contribution in [3.8, 4) is 5.75 Å². The molecule has 0 atom stereocenters. The molecule has 0 spiro atoms. The van der Waals surface area contributed by atoms with E-state index >= 15 is 0 Å². The number of ether oxygens (including phenoxy) is 1. The first-order chi connectivity index (χ1) is 12.7. The van der Waals surface area contributed by atoms with Crippen molar-refractivity contribution in [2.45, 2.75) is 19.5 Å². The Labute approximate surface area is 160 Å². The van der Waals surface area contributed by atoms with Crippen LogP contribution in [0.15, 0.2) is 53.5 Å². The standard InChI is InChI=1S/C21H27N3OS/c1-23(2)19-9-5-17(6-10-19)15-24(21-22-13-4-14-26-21)16-18-7-11-20(25-3)12-8-18/h5-12H,4,13-16H2,1-3H3. The topological polar surface area (TPSA) is 28.1 Å². The summed E-state index contributed by atoms with van der Waals surface area (Å²) >= 11 is 1.87. The number of hydrogen-bond donors (Lipinski definition) is 0. The predicted molar refractivity (Wildman–Crippen MR) is 112 cm³/mol. The number of thioether (sulfide) groups is 1. The number of amidine groups is 1. The lowest BCUT2D eigenvalue weighted by atomic mass is 10.1. The molecule has 26 heavy (non-hydrogen) atoms. The van der Waals surface area contributed by atoms with Crippen molar-refractivity contribution in [2.75, 3.05) is 38.4 Å². The zero-order chi connectivity index (χ0) is 18.4. The number of nitrogens with zero attached hydrogens (tertiary/aromatic N) is 3. The van der Waals surface area contributed by atoms with Crippen LogP contribution in [0, 0.1) is 0 Å². The minimum Gasteiger partial charge on any atom is -0.497 e. The Bertz CT molecular complexity index is 726. The minimum absolute atomic E-state index is 0.852. The molecule has 0 saturated carbocycles. The van der Waals surface area contributed by atoms with Crippen molar-refractivity contribution < 1.29 is 4.74 Å². The van der Waals surface area contributed by atoms with E-state index in [1.165, 1.54) is 23.2 Å². The Morgan fingerprint density at radius 2 is 1.58 bits per heavy atom. The van der Waals surface area contributed by atoms with Gasteiger partial charge in [-0.2, -0.15) is 0 Å². The third-order valence-corrected chi connectivity index (χ3v) is 5.55. The van der Waals surface area contributed by atoms with Crippen LogP contribution in [0.4, 0.5) is 5.69 Å².